The Morgan fingerprint density at radius 1 is 0.563 bits per heavy atom. The predicted octanol–water partition coefficient (Wildman–Crippen LogP) is 18.0. The SMILES string of the molecule is CCCCCC(C)(CC)c1ccc2c(c1)N(CCC(C)C)/C(=C1\C(=O)c3ccc(-c4ccc(-c5ccc(-c6ccc(-c7ccc(C(C)(C)CCCC(C)CC)nc7)s6)s5)cn4)cc3N1CCC(C)C)C2=O. The maximum atomic E-state index is 14.9. The Bertz CT molecular complexity index is 2850. The fraction of sp³-hybridized carbons (Fsp3) is 0.460. The summed E-state index contributed by atoms with van der Waals surface area (Å²) in [6, 6.07) is 30.2. The van der Waals surface area contributed by atoms with E-state index in [-0.39, 0.29) is 22.4 Å². The highest BCUT2D eigenvalue weighted by Crippen LogP contribution is 2.47. The van der Waals surface area contributed by atoms with Gasteiger partial charge in [-0.1, -0.05) is 133 Å². The molecule has 0 aliphatic carbocycles. The van der Waals surface area contributed by atoms with Crippen molar-refractivity contribution in [3.05, 3.63) is 131 Å². The van der Waals surface area contributed by atoms with Gasteiger partial charge in [-0.15, -0.1) is 22.7 Å². The molecule has 2 unspecified atom stereocenters. The number of fused-ring (bicyclic) bond motifs is 2. The molecular formula is C63H78N4O2S2. The molecule has 0 saturated heterocycles. The first-order valence-electron chi connectivity index (χ1n) is 26.9. The summed E-state index contributed by atoms with van der Waals surface area (Å²) < 4.78 is 0. The second-order valence-electron chi connectivity index (χ2n) is 22.3. The molecule has 71 heavy (non-hydrogen) atoms. The number of allylic oxidation sites excluding steroid dienone is 2. The number of hydrogen-bond acceptors (Lipinski definition) is 8. The van der Waals surface area contributed by atoms with Gasteiger partial charge in [0.15, 0.2) is 0 Å². The number of anilines is 2. The van der Waals surface area contributed by atoms with Crippen LogP contribution in [0.5, 0.6) is 0 Å². The van der Waals surface area contributed by atoms with Crippen LogP contribution < -0.4 is 9.80 Å². The molecule has 0 amide bonds. The highest BCUT2D eigenvalue weighted by atomic mass is 32.1. The number of carbonyl (C=O) groups is 2. The standard InChI is InChI=1S/C63H78N4O2S2/c1-12-15-16-34-63(11,14-3)47-22-24-49-52(38-47)67(36-32-42(6)7)59(61(49)69)58-60(68)48-23-19-44(37-51(48)66(58)35-31-41(4)5)50-25-20-45(39-64-50)53-26-28-55(70-53)56-29-27-54(71-56)46-21-30-57(65-40-46)62(9,10)33-17-18-43(8)13-2/h19-30,37-43H,12-18,31-36H2,1-11H3/b59-58+. The van der Waals surface area contributed by atoms with Crippen molar-refractivity contribution in [1.82, 2.24) is 9.97 Å². The average Bonchev–Trinajstić information content (AvgIpc) is 4.17. The van der Waals surface area contributed by atoms with Crippen LogP contribution in [-0.4, -0.2) is 34.6 Å². The third kappa shape index (κ3) is 11.2. The second-order valence-corrected chi connectivity index (χ2v) is 24.5. The Morgan fingerprint density at radius 3 is 1.63 bits per heavy atom. The van der Waals surface area contributed by atoms with Crippen LogP contribution in [0.4, 0.5) is 11.4 Å². The van der Waals surface area contributed by atoms with E-state index in [9.17, 15) is 9.59 Å². The van der Waals surface area contributed by atoms with Crippen LogP contribution in [0.1, 0.15) is 179 Å². The number of hydrogen-bond donors (Lipinski definition) is 0. The summed E-state index contributed by atoms with van der Waals surface area (Å²) in [5.41, 5.74) is 10.7. The minimum Gasteiger partial charge on any atom is -0.336 e. The molecule has 6 nitrogen and oxygen atoms in total. The Kier molecular flexibility index (Phi) is 16.4. The van der Waals surface area contributed by atoms with Gasteiger partial charge in [0.25, 0.3) is 0 Å². The number of pyridine rings is 2. The van der Waals surface area contributed by atoms with Gasteiger partial charge in [-0.3, -0.25) is 19.6 Å². The Balaban J connectivity index is 1.04. The topological polar surface area (TPSA) is 66.4 Å². The van der Waals surface area contributed by atoms with Gasteiger partial charge < -0.3 is 9.80 Å². The molecule has 8 heteroatoms. The molecule has 8 rings (SSSR count). The van der Waals surface area contributed by atoms with Gasteiger partial charge in [-0.05, 0) is 128 Å². The van der Waals surface area contributed by atoms with Gasteiger partial charge in [-0.25, -0.2) is 0 Å². The van der Waals surface area contributed by atoms with Crippen molar-refractivity contribution in [3.8, 4) is 41.9 Å². The molecule has 2 aliphatic heterocycles. The zero-order chi connectivity index (χ0) is 50.6. The normalized spacial score (nSPS) is 16.1. The number of ketones is 2. The van der Waals surface area contributed by atoms with Crippen LogP contribution in [0.25, 0.3) is 41.9 Å². The van der Waals surface area contributed by atoms with Crippen LogP contribution in [0.15, 0.2) is 109 Å². The number of thiophene rings is 2. The van der Waals surface area contributed by atoms with Gasteiger partial charge in [0.05, 0.1) is 17.1 Å². The van der Waals surface area contributed by atoms with Crippen LogP contribution in [0, 0.1) is 17.8 Å². The monoisotopic (exact) mass is 987 g/mol. The first-order chi connectivity index (χ1) is 34.0. The van der Waals surface area contributed by atoms with Crippen molar-refractivity contribution in [2.24, 2.45) is 17.8 Å². The summed E-state index contributed by atoms with van der Waals surface area (Å²) >= 11 is 3.59. The first-order valence-corrected chi connectivity index (χ1v) is 28.5. The maximum Gasteiger partial charge on any atom is 0.213 e. The Morgan fingerprint density at radius 2 is 1.11 bits per heavy atom. The smallest absolute Gasteiger partial charge is 0.213 e. The number of unbranched alkanes of at least 4 members (excludes halogenated alkanes) is 2. The number of rotatable bonds is 22. The number of carbonyl (C=O) groups excluding carboxylic acids is 2. The lowest BCUT2D eigenvalue weighted by Gasteiger charge is -2.31. The third-order valence-corrected chi connectivity index (χ3v) is 18.1. The van der Waals surface area contributed by atoms with Crippen molar-refractivity contribution in [2.45, 2.75) is 158 Å². The van der Waals surface area contributed by atoms with E-state index in [1.54, 1.807) is 11.3 Å². The second kappa shape index (κ2) is 22.3. The van der Waals surface area contributed by atoms with Crippen molar-refractivity contribution >= 4 is 45.6 Å². The number of aromatic nitrogens is 2. The lowest BCUT2D eigenvalue weighted by molar-refractivity contribution is 0.100. The minimum absolute atomic E-state index is 0.0101. The molecule has 0 radical (unpaired) electrons. The van der Waals surface area contributed by atoms with Crippen molar-refractivity contribution in [1.29, 1.82) is 0 Å². The fourth-order valence-electron chi connectivity index (χ4n) is 10.3. The molecule has 0 N–H and O–H groups in total. The van der Waals surface area contributed by atoms with E-state index < -0.39 is 0 Å². The van der Waals surface area contributed by atoms with Gasteiger partial charge in [0.2, 0.25) is 11.6 Å². The largest absolute Gasteiger partial charge is 0.336 e. The van der Waals surface area contributed by atoms with E-state index in [1.807, 2.05) is 35.7 Å². The fourth-order valence-corrected chi connectivity index (χ4v) is 12.4. The summed E-state index contributed by atoms with van der Waals surface area (Å²) in [6.45, 7) is 26.4. The van der Waals surface area contributed by atoms with E-state index in [2.05, 4.69) is 159 Å². The lowest BCUT2D eigenvalue weighted by Crippen LogP contribution is -2.32. The van der Waals surface area contributed by atoms with E-state index in [4.69, 9.17) is 9.97 Å². The Hall–Kier alpha value is -5.18. The maximum absolute atomic E-state index is 14.9. The van der Waals surface area contributed by atoms with Crippen molar-refractivity contribution < 1.29 is 9.59 Å². The number of Topliss-reactive ketones (excluding diaryl/α,β-unsaturated/α-hetero) is 2. The minimum atomic E-state index is -0.0780. The van der Waals surface area contributed by atoms with Gasteiger partial charge in [0.1, 0.15) is 11.4 Å². The summed E-state index contributed by atoms with van der Waals surface area (Å²) in [5.74, 6) is 1.49. The van der Waals surface area contributed by atoms with Crippen LogP contribution in [0.2, 0.25) is 0 Å². The average molecular weight is 987 g/mol. The molecule has 0 fully saturated rings. The number of nitrogens with zero attached hydrogens (tertiary/aromatic N) is 4. The molecule has 2 aromatic carbocycles. The number of benzene rings is 2. The van der Waals surface area contributed by atoms with Crippen molar-refractivity contribution in [3.63, 3.8) is 0 Å². The zero-order valence-corrected chi connectivity index (χ0v) is 46.2. The summed E-state index contributed by atoms with van der Waals surface area (Å²) in [4.78, 5) is 48.9. The van der Waals surface area contributed by atoms with E-state index in [0.29, 0.717) is 47.4 Å². The van der Waals surface area contributed by atoms with Crippen LogP contribution >= 0.6 is 22.7 Å². The summed E-state index contributed by atoms with van der Waals surface area (Å²) in [5, 5.41) is 0. The molecule has 6 aromatic rings. The van der Waals surface area contributed by atoms with Crippen molar-refractivity contribution in [2.75, 3.05) is 22.9 Å². The highest BCUT2D eigenvalue weighted by Gasteiger charge is 2.43. The molecule has 374 valence electrons. The third-order valence-electron chi connectivity index (χ3n) is 15.7. The van der Waals surface area contributed by atoms with Crippen LogP contribution in [0.3, 0.4) is 0 Å². The summed E-state index contributed by atoms with van der Waals surface area (Å²) in [7, 11) is 0. The molecule has 2 aliphatic rings. The van der Waals surface area contributed by atoms with Gasteiger partial charge in [0, 0.05) is 83.9 Å². The van der Waals surface area contributed by atoms with E-state index >= 15 is 0 Å². The van der Waals surface area contributed by atoms with Crippen LogP contribution in [-0.2, 0) is 10.8 Å². The molecular weight excluding hydrogens is 909 g/mol. The molecule has 0 spiro atoms. The highest BCUT2D eigenvalue weighted by molar-refractivity contribution is 7.25. The summed E-state index contributed by atoms with van der Waals surface area (Å²) in [6.07, 6.45) is 16.4. The quantitative estimate of drug-likeness (QED) is 0.0499. The molecule has 2 atom stereocenters. The van der Waals surface area contributed by atoms with Gasteiger partial charge in [-0.2, -0.15) is 0 Å². The zero-order valence-electron chi connectivity index (χ0n) is 44.6. The Labute approximate surface area is 434 Å². The van der Waals surface area contributed by atoms with E-state index in [1.165, 1.54) is 69.3 Å². The van der Waals surface area contributed by atoms with Gasteiger partial charge >= 0.3 is 0 Å². The molecule has 0 bridgehead atoms. The van der Waals surface area contributed by atoms with E-state index in [0.717, 1.165) is 71.8 Å². The molecule has 6 heterocycles. The lowest BCUT2D eigenvalue weighted by atomic mass is 9.75. The predicted molar refractivity (Wildman–Crippen MR) is 303 cm³/mol. The first kappa shape index (κ1) is 52.2. The molecule has 4 aromatic heterocycles. The molecule has 0 saturated carbocycles.